The Bertz CT molecular complexity index is 1020. The highest BCUT2D eigenvalue weighted by Crippen LogP contribution is 2.46. The van der Waals surface area contributed by atoms with Crippen LogP contribution in [0.4, 0.5) is 10.5 Å². The number of methoxy groups -OCH3 is 1. The fraction of sp³-hybridized carbons (Fsp3) is 0.238. The van der Waals surface area contributed by atoms with E-state index < -0.39 is 18.0 Å². The Kier molecular flexibility index (Phi) is 6.72. The van der Waals surface area contributed by atoms with Crippen LogP contribution in [0.2, 0.25) is 0 Å². The Hall–Kier alpha value is -2.52. The summed E-state index contributed by atoms with van der Waals surface area (Å²) in [6.45, 7) is 3.60. The van der Waals surface area contributed by atoms with Crippen molar-refractivity contribution < 1.29 is 24.2 Å². The van der Waals surface area contributed by atoms with Gasteiger partial charge in [-0.25, -0.2) is 9.59 Å². The van der Waals surface area contributed by atoms with Crippen LogP contribution in [0.3, 0.4) is 0 Å². The van der Waals surface area contributed by atoms with Gasteiger partial charge in [-0.3, -0.25) is 4.90 Å². The first-order valence-corrected chi connectivity index (χ1v) is 10.7. The van der Waals surface area contributed by atoms with E-state index in [2.05, 4.69) is 37.2 Å². The maximum absolute atomic E-state index is 13.1. The second-order valence-electron chi connectivity index (χ2n) is 6.42. The third-order valence-electron chi connectivity index (χ3n) is 4.70. The highest BCUT2D eigenvalue weighted by molar-refractivity contribution is 9.13. The molecule has 1 atom stereocenters. The Morgan fingerprint density at radius 2 is 1.90 bits per heavy atom. The standard InChI is InChI=1S/C21H20Br2N2O5/c1-4-30-20(27)15-11(2)25(12-8-6-5-7-9-12)21(28)24-18(15)13-10-14(29-3)19(26)17(23)16(13)22/h5-10,18,26H,4H2,1-3H3,(H,24,28)/t18-/m0/s1. The summed E-state index contributed by atoms with van der Waals surface area (Å²) < 4.78 is 11.4. The lowest BCUT2D eigenvalue weighted by Crippen LogP contribution is -2.48. The highest BCUT2D eigenvalue weighted by Gasteiger charge is 2.38. The number of rotatable bonds is 5. The summed E-state index contributed by atoms with van der Waals surface area (Å²) in [4.78, 5) is 27.4. The largest absolute Gasteiger partial charge is 0.503 e. The average molecular weight is 540 g/mol. The minimum absolute atomic E-state index is 0.0976. The molecule has 0 aliphatic carbocycles. The number of carbonyl (C=O) groups excluding carboxylic acids is 2. The first-order chi connectivity index (χ1) is 14.3. The molecular formula is C21H20Br2N2O5. The maximum Gasteiger partial charge on any atom is 0.338 e. The minimum Gasteiger partial charge on any atom is -0.503 e. The van der Waals surface area contributed by atoms with Gasteiger partial charge in [0.05, 0.1) is 35.5 Å². The lowest BCUT2D eigenvalue weighted by molar-refractivity contribution is -0.139. The quantitative estimate of drug-likeness (QED) is 0.520. The third kappa shape index (κ3) is 3.91. The third-order valence-corrected chi connectivity index (χ3v) is 6.86. The summed E-state index contributed by atoms with van der Waals surface area (Å²) >= 11 is 6.77. The molecule has 0 radical (unpaired) electrons. The van der Waals surface area contributed by atoms with Gasteiger partial charge >= 0.3 is 12.0 Å². The molecule has 7 nitrogen and oxygen atoms in total. The van der Waals surface area contributed by atoms with Crippen molar-refractivity contribution in [1.82, 2.24) is 5.32 Å². The molecule has 1 aliphatic rings. The zero-order valence-electron chi connectivity index (χ0n) is 16.5. The number of nitrogens with one attached hydrogen (secondary N) is 1. The molecule has 0 saturated heterocycles. The van der Waals surface area contributed by atoms with Gasteiger partial charge in [0, 0.05) is 10.2 Å². The Balaban J connectivity index is 2.23. The number of ether oxygens (including phenoxy) is 2. The number of amides is 2. The van der Waals surface area contributed by atoms with Gasteiger partial charge in [0.25, 0.3) is 0 Å². The first-order valence-electron chi connectivity index (χ1n) is 9.10. The van der Waals surface area contributed by atoms with E-state index in [1.807, 2.05) is 18.2 Å². The second-order valence-corrected chi connectivity index (χ2v) is 8.00. The van der Waals surface area contributed by atoms with Gasteiger partial charge in [-0.2, -0.15) is 0 Å². The molecule has 3 rings (SSSR count). The first kappa shape index (κ1) is 22.2. The lowest BCUT2D eigenvalue weighted by atomic mass is 9.94. The van der Waals surface area contributed by atoms with Crippen LogP contribution in [-0.2, 0) is 9.53 Å². The van der Waals surface area contributed by atoms with Crippen LogP contribution in [0.25, 0.3) is 0 Å². The lowest BCUT2D eigenvalue weighted by Gasteiger charge is -2.36. The van der Waals surface area contributed by atoms with E-state index in [0.717, 1.165) is 0 Å². The number of hydrogen-bond acceptors (Lipinski definition) is 5. The summed E-state index contributed by atoms with van der Waals surface area (Å²) in [5.74, 6) is -0.448. The molecule has 9 heteroatoms. The molecule has 30 heavy (non-hydrogen) atoms. The van der Waals surface area contributed by atoms with E-state index in [9.17, 15) is 14.7 Å². The van der Waals surface area contributed by atoms with Gasteiger partial charge < -0.3 is 19.9 Å². The van der Waals surface area contributed by atoms with Crippen LogP contribution >= 0.6 is 31.9 Å². The van der Waals surface area contributed by atoms with Gasteiger partial charge in [0.1, 0.15) is 0 Å². The molecule has 2 amide bonds. The fourth-order valence-corrected chi connectivity index (χ4v) is 4.27. The number of aromatic hydroxyl groups is 1. The van der Waals surface area contributed by atoms with E-state index in [4.69, 9.17) is 9.47 Å². The molecule has 0 aromatic heterocycles. The number of benzene rings is 2. The summed E-state index contributed by atoms with van der Waals surface area (Å²) in [5, 5.41) is 13.1. The number of phenolic OH excluding ortho intramolecular Hbond substituents is 1. The molecule has 1 aliphatic heterocycles. The van der Waals surface area contributed by atoms with Crippen LogP contribution in [0.1, 0.15) is 25.5 Å². The molecule has 0 spiro atoms. The van der Waals surface area contributed by atoms with Crippen molar-refractivity contribution in [1.29, 1.82) is 0 Å². The number of halogens is 2. The van der Waals surface area contributed by atoms with Crippen molar-refractivity contribution in [3.8, 4) is 11.5 Å². The summed E-state index contributed by atoms with van der Waals surface area (Å²) in [7, 11) is 1.42. The van der Waals surface area contributed by atoms with E-state index in [1.165, 1.54) is 12.0 Å². The normalized spacial score (nSPS) is 16.4. The van der Waals surface area contributed by atoms with Crippen molar-refractivity contribution >= 4 is 49.5 Å². The Morgan fingerprint density at radius 3 is 2.50 bits per heavy atom. The second kappa shape index (κ2) is 9.09. The predicted molar refractivity (Wildman–Crippen MR) is 120 cm³/mol. The van der Waals surface area contributed by atoms with Gasteiger partial charge in [-0.05, 0) is 69.5 Å². The van der Waals surface area contributed by atoms with Gasteiger partial charge in [-0.15, -0.1) is 0 Å². The Morgan fingerprint density at radius 1 is 1.23 bits per heavy atom. The molecule has 0 saturated carbocycles. The van der Waals surface area contributed by atoms with Crippen LogP contribution in [0.5, 0.6) is 11.5 Å². The van der Waals surface area contributed by atoms with Gasteiger partial charge in [-0.1, -0.05) is 18.2 Å². The molecular weight excluding hydrogens is 520 g/mol. The smallest absolute Gasteiger partial charge is 0.338 e. The number of anilines is 1. The number of carbonyl (C=O) groups is 2. The van der Waals surface area contributed by atoms with Crippen molar-refractivity contribution in [3.63, 3.8) is 0 Å². The van der Waals surface area contributed by atoms with E-state index in [-0.39, 0.29) is 23.7 Å². The molecule has 0 bridgehead atoms. The topological polar surface area (TPSA) is 88.1 Å². The monoisotopic (exact) mass is 538 g/mol. The molecule has 1 heterocycles. The van der Waals surface area contributed by atoms with Crippen molar-refractivity contribution in [2.24, 2.45) is 0 Å². The van der Waals surface area contributed by atoms with Crippen LogP contribution in [0.15, 0.2) is 56.6 Å². The van der Waals surface area contributed by atoms with Crippen LogP contribution < -0.4 is 15.0 Å². The van der Waals surface area contributed by atoms with Crippen molar-refractivity contribution in [2.45, 2.75) is 19.9 Å². The summed E-state index contributed by atoms with van der Waals surface area (Å²) in [6, 6.07) is 9.37. The predicted octanol–water partition coefficient (Wildman–Crippen LogP) is 5.03. The number of esters is 1. The zero-order valence-corrected chi connectivity index (χ0v) is 19.7. The van der Waals surface area contributed by atoms with Gasteiger partial charge in [0.2, 0.25) is 0 Å². The number of allylic oxidation sites excluding steroid dienone is 1. The molecule has 2 aromatic carbocycles. The number of urea groups is 1. The highest BCUT2D eigenvalue weighted by atomic mass is 79.9. The maximum atomic E-state index is 13.1. The average Bonchev–Trinajstić information content (AvgIpc) is 2.73. The van der Waals surface area contributed by atoms with Crippen LogP contribution in [0, 0.1) is 0 Å². The summed E-state index contributed by atoms with van der Waals surface area (Å²) in [5.41, 5.74) is 1.88. The van der Waals surface area contributed by atoms with Gasteiger partial charge in [0.15, 0.2) is 11.5 Å². The van der Waals surface area contributed by atoms with E-state index >= 15 is 0 Å². The molecule has 0 fully saturated rings. The number of phenols is 1. The number of nitrogens with zero attached hydrogens (tertiary/aromatic N) is 1. The fourth-order valence-electron chi connectivity index (χ4n) is 3.31. The minimum atomic E-state index is -0.823. The molecule has 158 valence electrons. The zero-order chi connectivity index (χ0) is 22.0. The molecule has 2 N–H and O–H groups in total. The molecule has 2 aromatic rings. The molecule has 0 unspecified atom stereocenters. The van der Waals surface area contributed by atoms with Crippen molar-refractivity contribution in [2.75, 3.05) is 18.6 Å². The number of para-hydroxylation sites is 1. The SMILES string of the molecule is CCOC(=O)C1=C(C)N(c2ccccc2)C(=O)N[C@H]1c1cc(OC)c(O)c(Br)c1Br. The van der Waals surface area contributed by atoms with Crippen molar-refractivity contribution in [3.05, 3.63) is 62.2 Å². The Labute approximate surface area is 190 Å². The van der Waals surface area contributed by atoms with Crippen LogP contribution in [-0.4, -0.2) is 30.8 Å². The number of hydrogen-bond donors (Lipinski definition) is 2. The van der Waals surface area contributed by atoms with E-state index in [0.29, 0.717) is 25.9 Å². The summed E-state index contributed by atoms with van der Waals surface area (Å²) in [6.07, 6.45) is 0. The van der Waals surface area contributed by atoms with E-state index in [1.54, 1.807) is 32.0 Å².